The van der Waals surface area contributed by atoms with E-state index in [9.17, 15) is 9.18 Å². The standard InChI is InChI=1S/C13H6Cl2FN3O/c14-9-3-1-2-6(10(9)16)4-7-8-5-17-13(15)19-11(8)18-12(7)20/h1-5H,(H,17,18,19,20)/b7-4+. The Hall–Kier alpha value is -1.98. The van der Waals surface area contributed by atoms with E-state index in [1.54, 1.807) is 6.07 Å². The number of hydrogen-bond acceptors (Lipinski definition) is 3. The Kier molecular flexibility index (Phi) is 3.16. The molecule has 4 nitrogen and oxygen atoms in total. The molecule has 1 aromatic carbocycles. The van der Waals surface area contributed by atoms with E-state index in [1.165, 1.54) is 24.4 Å². The van der Waals surface area contributed by atoms with E-state index in [4.69, 9.17) is 23.2 Å². The molecule has 0 radical (unpaired) electrons. The first kappa shape index (κ1) is 13.0. The van der Waals surface area contributed by atoms with Gasteiger partial charge in [-0.1, -0.05) is 23.7 Å². The quantitative estimate of drug-likeness (QED) is 0.648. The van der Waals surface area contributed by atoms with Crippen LogP contribution < -0.4 is 5.32 Å². The molecule has 20 heavy (non-hydrogen) atoms. The number of fused-ring (bicyclic) bond motifs is 1. The van der Waals surface area contributed by atoms with Gasteiger partial charge in [-0.3, -0.25) is 4.79 Å². The molecule has 1 aliphatic heterocycles. The van der Waals surface area contributed by atoms with Crippen molar-refractivity contribution in [2.75, 3.05) is 5.32 Å². The third-order valence-electron chi connectivity index (χ3n) is 2.81. The number of halogens is 3. The molecule has 7 heteroatoms. The van der Waals surface area contributed by atoms with E-state index in [-0.39, 0.29) is 21.4 Å². The van der Waals surface area contributed by atoms with E-state index in [0.29, 0.717) is 11.4 Å². The lowest BCUT2D eigenvalue weighted by Gasteiger charge is -2.01. The summed E-state index contributed by atoms with van der Waals surface area (Å²) in [6, 6.07) is 4.56. The zero-order valence-corrected chi connectivity index (χ0v) is 11.3. The van der Waals surface area contributed by atoms with Crippen molar-refractivity contribution >= 4 is 46.6 Å². The highest BCUT2D eigenvalue weighted by Crippen LogP contribution is 2.32. The zero-order valence-electron chi connectivity index (χ0n) is 9.82. The fourth-order valence-corrected chi connectivity index (χ4v) is 2.20. The Morgan fingerprint density at radius 2 is 2.10 bits per heavy atom. The van der Waals surface area contributed by atoms with Crippen LogP contribution in [0.2, 0.25) is 10.3 Å². The minimum atomic E-state index is -0.585. The van der Waals surface area contributed by atoms with Gasteiger partial charge in [0.2, 0.25) is 5.28 Å². The van der Waals surface area contributed by atoms with Gasteiger partial charge in [0.05, 0.1) is 10.6 Å². The van der Waals surface area contributed by atoms with Crippen LogP contribution in [0, 0.1) is 5.82 Å². The summed E-state index contributed by atoms with van der Waals surface area (Å²) in [7, 11) is 0. The summed E-state index contributed by atoms with van der Waals surface area (Å²) in [5, 5.41) is 2.56. The van der Waals surface area contributed by atoms with Gasteiger partial charge >= 0.3 is 0 Å². The summed E-state index contributed by atoms with van der Waals surface area (Å²) < 4.78 is 13.9. The van der Waals surface area contributed by atoms with Crippen LogP contribution in [-0.4, -0.2) is 15.9 Å². The first-order chi connectivity index (χ1) is 9.56. The zero-order chi connectivity index (χ0) is 14.3. The lowest BCUT2D eigenvalue weighted by atomic mass is 10.1. The van der Waals surface area contributed by atoms with Gasteiger partial charge in [-0.25, -0.2) is 9.37 Å². The van der Waals surface area contributed by atoms with E-state index < -0.39 is 11.7 Å². The molecule has 0 atom stereocenters. The normalized spacial score (nSPS) is 15.3. The van der Waals surface area contributed by atoms with E-state index in [2.05, 4.69) is 15.3 Å². The van der Waals surface area contributed by atoms with Crippen molar-refractivity contribution in [3.8, 4) is 0 Å². The van der Waals surface area contributed by atoms with E-state index in [1.807, 2.05) is 0 Å². The predicted octanol–water partition coefficient (Wildman–Crippen LogP) is 3.42. The smallest absolute Gasteiger partial charge is 0.257 e. The summed E-state index contributed by atoms with van der Waals surface area (Å²) in [5.74, 6) is -0.669. The van der Waals surface area contributed by atoms with Crippen LogP contribution in [-0.2, 0) is 4.79 Å². The highest BCUT2D eigenvalue weighted by atomic mass is 35.5. The number of anilines is 1. The fourth-order valence-electron chi connectivity index (χ4n) is 1.88. The molecule has 0 unspecified atom stereocenters. The number of benzene rings is 1. The molecule has 3 rings (SSSR count). The van der Waals surface area contributed by atoms with Gasteiger partial charge in [0.25, 0.3) is 5.91 Å². The molecule has 0 saturated heterocycles. The van der Waals surface area contributed by atoms with Crippen LogP contribution in [0.5, 0.6) is 0 Å². The van der Waals surface area contributed by atoms with Crippen molar-refractivity contribution in [1.82, 2.24) is 9.97 Å². The Labute approximate surface area is 123 Å². The van der Waals surface area contributed by atoms with E-state index in [0.717, 1.165) is 0 Å². The maximum Gasteiger partial charge on any atom is 0.257 e. The van der Waals surface area contributed by atoms with Crippen molar-refractivity contribution in [1.29, 1.82) is 0 Å². The third kappa shape index (κ3) is 2.15. The molecule has 1 amide bonds. The Morgan fingerprint density at radius 3 is 2.90 bits per heavy atom. The molecule has 2 heterocycles. The number of aromatic nitrogens is 2. The maximum atomic E-state index is 13.9. The second-order valence-corrected chi connectivity index (χ2v) is 4.80. The van der Waals surface area contributed by atoms with Crippen molar-refractivity contribution in [3.05, 3.63) is 51.6 Å². The number of nitrogens with zero attached hydrogens (tertiary/aromatic N) is 2. The summed E-state index contributed by atoms with van der Waals surface area (Å²) in [4.78, 5) is 19.6. The second kappa shape index (κ2) is 4.85. The monoisotopic (exact) mass is 309 g/mol. The number of hydrogen-bond donors (Lipinski definition) is 1. The summed E-state index contributed by atoms with van der Waals surface area (Å²) in [6.07, 6.45) is 2.82. The minimum Gasteiger partial charge on any atom is -0.306 e. The molecule has 0 saturated carbocycles. The lowest BCUT2D eigenvalue weighted by Crippen LogP contribution is -2.04. The second-order valence-electron chi connectivity index (χ2n) is 4.06. The topological polar surface area (TPSA) is 54.9 Å². The Balaban J connectivity index is 2.14. The van der Waals surface area contributed by atoms with Crippen LogP contribution in [0.25, 0.3) is 11.6 Å². The lowest BCUT2D eigenvalue weighted by molar-refractivity contribution is -0.110. The van der Waals surface area contributed by atoms with Crippen LogP contribution in [0.1, 0.15) is 11.1 Å². The van der Waals surface area contributed by atoms with Crippen LogP contribution in [0.15, 0.2) is 24.4 Å². The van der Waals surface area contributed by atoms with Gasteiger partial charge < -0.3 is 5.32 Å². The number of nitrogens with one attached hydrogen (secondary N) is 1. The fraction of sp³-hybridized carbons (Fsp3) is 0. The highest BCUT2D eigenvalue weighted by molar-refractivity contribution is 6.35. The SMILES string of the molecule is O=C1Nc2nc(Cl)ncc2/C1=C\c1cccc(Cl)c1F. The summed E-state index contributed by atoms with van der Waals surface area (Å²) in [5.41, 5.74) is 0.946. The van der Waals surface area contributed by atoms with Gasteiger partial charge in [0.1, 0.15) is 11.6 Å². The molecule has 2 aromatic rings. The molecule has 0 fully saturated rings. The van der Waals surface area contributed by atoms with Gasteiger partial charge in [-0.15, -0.1) is 0 Å². The van der Waals surface area contributed by atoms with Gasteiger partial charge in [0, 0.05) is 17.3 Å². The van der Waals surface area contributed by atoms with Gasteiger partial charge in [-0.05, 0) is 23.7 Å². The third-order valence-corrected chi connectivity index (χ3v) is 3.28. The molecular weight excluding hydrogens is 304 g/mol. The largest absolute Gasteiger partial charge is 0.306 e. The number of carbonyl (C=O) groups is 1. The summed E-state index contributed by atoms with van der Waals surface area (Å²) >= 11 is 11.4. The average molecular weight is 310 g/mol. The van der Waals surface area contributed by atoms with E-state index >= 15 is 0 Å². The number of amides is 1. The van der Waals surface area contributed by atoms with Gasteiger partial charge in [-0.2, -0.15) is 4.98 Å². The Morgan fingerprint density at radius 1 is 1.30 bits per heavy atom. The molecule has 0 spiro atoms. The van der Waals surface area contributed by atoms with Gasteiger partial charge in [0.15, 0.2) is 0 Å². The number of carbonyl (C=O) groups excluding carboxylic acids is 1. The molecule has 0 aliphatic carbocycles. The predicted molar refractivity (Wildman–Crippen MR) is 75.0 cm³/mol. The average Bonchev–Trinajstić information content (AvgIpc) is 2.70. The molecule has 1 aromatic heterocycles. The molecule has 1 N–H and O–H groups in total. The first-order valence-corrected chi connectivity index (χ1v) is 6.32. The number of rotatable bonds is 1. The van der Waals surface area contributed by atoms with Crippen molar-refractivity contribution < 1.29 is 9.18 Å². The van der Waals surface area contributed by atoms with Crippen molar-refractivity contribution in [2.45, 2.75) is 0 Å². The van der Waals surface area contributed by atoms with Crippen LogP contribution in [0.3, 0.4) is 0 Å². The maximum absolute atomic E-state index is 13.9. The minimum absolute atomic E-state index is 0.00895. The van der Waals surface area contributed by atoms with Crippen LogP contribution in [0.4, 0.5) is 10.2 Å². The van der Waals surface area contributed by atoms with Crippen LogP contribution >= 0.6 is 23.2 Å². The van der Waals surface area contributed by atoms with Crippen molar-refractivity contribution in [2.24, 2.45) is 0 Å². The first-order valence-electron chi connectivity index (χ1n) is 5.56. The Bertz CT molecular complexity index is 761. The molecule has 100 valence electrons. The van der Waals surface area contributed by atoms with Crippen molar-refractivity contribution in [3.63, 3.8) is 0 Å². The molecule has 1 aliphatic rings. The summed E-state index contributed by atoms with van der Waals surface area (Å²) in [6.45, 7) is 0. The molecular formula is C13H6Cl2FN3O. The highest BCUT2D eigenvalue weighted by Gasteiger charge is 2.26. The molecule has 0 bridgehead atoms.